The van der Waals surface area contributed by atoms with Crippen LogP contribution in [0.4, 0.5) is 21.0 Å². The molecule has 2 aromatic rings. The molecule has 0 saturated carbocycles. The van der Waals surface area contributed by atoms with Gasteiger partial charge in [0.15, 0.2) is 0 Å². The highest BCUT2D eigenvalue weighted by Gasteiger charge is 2.19. The molecule has 2 saturated heterocycles. The first-order valence-electron chi connectivity index (χ1n) is 10.6. The van der Waals surface area contributed by atoms with E-state index in [1.165, 1.54) is 0 Å². The van der Waals surface area contributed by atoms with Crippen molar-refractivity contribution >= 4 is 23.6 Å². The molecule has 168 valence electrons. The maximum atomic E-state index is 12.1. The van der Waals surface area contributed by atoms with Gasteiger partial charge in [0.2, 0.25) is 0 Å². The van der Waals surface area contributed by atoms with Crippen molar-refractivity contribution in [1.29, 1.82) is 0 Å². The van der Waals surface area contributed by atoms with Crippen LogP contribution in [-0.4, -0.2) is 74.3 Å². The highest BCUT2D eigenvalue weighted by atomic mass is 16.6. The van der Waals surface area contributed by atoms with E-state index in [1.54, 1.807) is 58.3 Å². The quantitative estimate of drug-likeness (QED) is 0.711. The van der Waals surface area contributed by atoms with E-state index in [9.17, 15) is 9.59 Å². The van der Waals surface area contributed by atoms with Gasteiger partial charge in [0.05, 0.1) is 11.4 Å². The average Bonchev–Trinajstić information content (AvgIpc) is 2.85. The summed E-state index contributed by atoms with van der Waals surface area (Å²) in [4.78, 5) is 27.6. The second-order valence-electron chi connectivity index (χ2n) is 7.40. The summed E-state index contributed by atoms with van der Waals surface area (Å²) < 4.78 is 10.8. The Morgan fingerprint density at radius 3 is 1.31 bits per heavy atom. The Kier molecular flexibility index (Phi) is 7.26. The number of ether oxygens (including phenoxy) is 2. The summed E-state index contributed by atoms with van der Waals surface area (Å²) in [6, 6.07) is 13.7. The lowest BCUT2D eigenvalue weighted by atomic mass is 10.3. The third-order valence-electron chi connectivity index (χ3n) is 5.12. The molecule has 0 aliphatic carbocycles. The molecule has 0 bridgehead atoms. The van der Waals surface area contributed by atoms with Gasteiger partial charge in [-0.2, -0.15) is 10.2 Å². The van der Waals surface area contributed by atoms with E-state index in [0.29, 0.717) is 49.1 Å². The standard InChI is InChI=1S/C22H26N6O4/c29-21(27-13-9-23-10-14-27)31-19-5-1-17(2-6-19)25-26-18-3-7-20(8-4-18)32-22(30)28-15-11-24-12-16-28/h1-8,23-24H,9-16H2. The van der Waals surface area contributed by atoms with Gasteiger partial charge in [-0.25, -0.2) is 9.59 Å². The molecule has 0 unspecified atom stereocenters. The number of amides is 2. The Hall–Kier alpha value is -3.50. The molecule has 2 N–H and O–H groups in total. The summed E-state index contributed by atoms with van der Waals surface area (Å²) in [6.07, 6.45) is -0.697. The van der Waals surface area contributed by atoms with E-state index in [1.807, 2.05) is 0 Å². The van der Waals surface area contributed by atoms with Crippen molar-refractivity contribution in [3.8, 4) is 11.5 Å². The molecule has 0 spiro atoms. The third-order valence-corrected chi connectivity index (χ3v) is 5.12. The Balaban J connectivity index is 1.28. The summed E-state index contributed by atoms with van der Waals surface area (Å²) in [6.45, 7) is 5.64. The van der Waals surface area contributed by atoms with Crippen LogP contribution in [0.2, 0.25) is 0 Å². The fraction of sp³-hybridized carbons (Fsp3) is 0.364. The van der Waals surface area contributed by atoms with Crippen LogP contribution in [0, 0.1) is 0 Å². The fourth-order valence-corrected chi connectivity index (χ4v) is 3.30. The molecule has 2 aromatic carbocycles. The van der Waals surface area contributed by atoms with Crippen molar-refractivity contribution in [3.63, 3.8) is 0 Å². The zero-order valence-electron chi connectivity index (χ0n) is 17.7. The normalized spacial score (nSPS) is 16.8. The minimum absolute atomic E-state index is 0.348. The predicted molar refractivity (Wildman–Crippen MR) is 118 cm³/mol. The van der Waals surface area contributed by atoms with Crippen LogP contribution in [0.15, 0.2) is 58.8 Å². The van der Waals surface area contributed by atoms with Gasteiger partial charge in [0, 0.05) is 52.4 Å². The van der Waals surface area contributed by atoms with Gasteiger partial charge in [-0.1, -0.05) is 0 Å². The first-order valence-corrected chi connectivity index (χ1v) is 10.6. The van der Waals surface area contributed by atoms with Crippen LogP contribution in [-0.2, 0) is 0 Å². The number of carbonyl (C=O) groups excluding carboxylic acids is 2. The second-order valence-corrected chi connectivity index (χ2v) is 7.40. The number of hydrogen-bond acceptors (Lipinski definition) is 8. The Morgan fingerprint density at radius 1 is 0.625 bits per heavy atom. The Labute approximate surface area is 186 Å². The molecule has 2 amide bonds. The first kappa shape index (κ1) is 21.7. The van der Waals surface area contributed by atoms with Gasteiger partial charge in [-0.05, 0) is 48.5 Å². The van der Waals surface area contributed by atoms with Crippen LogP contribution in [0.25, 0.3) is 0 Å². The van der Waals surface area contributed by atoms with Gasteiger partial charge < -0.3 is 29.9 Å². The molecule has 2 fully saturated rings. The summed E-state index contributed by atoms with van der Waals surface area (Å²) >= 11 is 0. The zero-order valence-corrected chi connectivity index (χ0v) is 17.7. The summed E-state index contributed by atoms with van der Waals surface area (Å²) in [5.74, 6) is 0.922. The molecule has 2 heterocycles. The molecule has 0 aromatic heterocycles. The maximum Gasteiger partial charge on any atom is 0.415 e. The number of benzene rings is 2. The number of hydrogen-bond donors (Lipinski definition) is 2. The summed E-state index contributed by atoms with van der Waals surface area (Å²) in [5, 5.41) is 14.8. The minimum Gasteiger partial charge on any atom is -0.410 e. The van der Waals surface area contributed by atoms with Crippen molar-refractivity contribution in [2.45, 2.75) is 0 Å². The molecule has 2 aliphatic rings. The fourth-order valence-electron chi connectivity index (χ4n) is 3.30. The summed E-state index contributed by atoms with van der Waals surface area (Å²) in [5.41, 5.74) is 1.25. The van der Waals surface area contributed by atoms with Crippen molar-refractivity contribution < 1.29 is 19.1 Å². The van der Waals surface area contributed by atoms with E-state index in [0.717, 1.165) is 26.2 Å². The van der Waals surface area contributed by atoms with E-state index >= 15 is 0 Å². The van der Waals surface area contributed by atoms with Crippen LogP contribution in [0.1, 0.15) is 0 Å². The van der Waals surface area contributed by atoms with Crippen molar-refractivity contribution in [2.75, 3.05) is 52.4 Å². The highest BCUT2D eigenvalue weighted by Crippen LogP contribution is 2.23. The number of nitrogens with one attached hydrogen (secondary N) is 2. The van der Waals surface area contributed by atoms with Crippen molar-refractivity contribution in [3.05, 3.63) is 48.5 Å². The van der Waals surface area contributed by atoms with Crippen LogP contribution < -0.4 is 20.1 Å². The lowest BCUT2D eigenvalue weighted by Gasteiger charge is -2.26. The van der Waals surface area contributed by atoms with Gasteiger partial charge in [0.25, 0.3) is 0 Å². The molecule has 2 aliphatic heterocycles. The monoisotopic (exact) mass is 438 g/mol. The lowest BCUT2D eigenvalue weighted by molar-refractivity contribution is 0.145. The second kappa shape index (κ2) is 10.7. The molecular formula is C22H26N6O4. The average molecular weight is 438 g/mol. The summed E-state index contributed by atoms with van der Waals surface area (Å²) in [7, 11) is 0. The molecule has 4 rings (SSSR count). The molecule has 0 atom stereocenters. The van der Waals surface area contributed by atoms with E-state index < -0.39 is 0 Å². The predicted octanol–water partition coefficient (Wildman–Crippen LogP) is 2.91. The lowest BCUT2D eigenvalue weighted by Crippen LogP contribution is -2.47. The molecule has 0 radical (unpaired) electrons. The highest BCUT2D eigenvalue weighted by molar-refractivity contribution is 5.71. The van der Waals surface area contributed by atoms with Crippen LogP contribution in [0.5, 0.6) is 11.5 Å². The minimum atomic E-state index is -0.348. The van der Waals surface area contributed by atoms with Gasteiger partial charge in [-0.15, -0.1) is 0 Å². The largest absolute Gasteiger partial charge is 0.415 e. The number of carbonyl (C=O) groups is 2. The van der Waals surface area contributed by atoms with E-state index in [2.05, 4.69) is 20.9 Å². The van der Waals surface area contributed by atoms with Gasteiger partial charge >= 0.3 is 12.2 Å². The first-order chi connectivity index (χ1) is 15.7. The molecule has 10 nitrogen and oxygen atoms in total. The Morgan fingerprint density at radius 2 is 0.969 bits per heavy atom. The molecule has 10 heteroatoms. The Bertz CT molecular complexity index is 858. The number of azo groups is 1. The SMILES string of the molecule is O=C(Oc1ccc(N=Nc2ccc(OC(=O)N3CCNCC3)cc2)cc1)N1CCNCC1. The van der Waals surface area contributed by atoms with Crippen molar-refractivity contribution in [1.82, 2.24) is 20.4 Å². The third kappa shape index (κ3) is 6.02. The van der Waals surface area contributed by atoms with E-state index in [-0.39, 0.29) is 12.2 Å². The topological polar surface area (TPSA) is 108 Å². The molecular weight excluding hydrogens is 412 g/mol. The number of rotatable bonds is 4. The maximum absolute atomic E-state index is 12.1. The van der Waals surface area contributed by atoms with Crippen LogP contribution >= 0.6 is 0 Å². The van der Waals surface area contributed by atoms with E-state index in [4.69, 9.17) is 9.47 Å². The van der Waals surface area contributed by atoms with Gasteiger partial charge in [0.1, 0.15) is 11.5 Å². The number of piperazine rings is 2. The molecule has 32 heavy (non-hydrogen) atoms. The van der Waals surface area contributed by atoms with Crippen molar-refractivity contribution in [2.24, 2.45) is 10.2 Å². The van der Waals surface area contributed by atoms with Gasteiger partial charge in [-0.3, -0.25) is 0 Å². The zero-order chi connectivity index (χ0) is 22.2. The smallest absolute Gasteiger partial charge is 0.410 e. The number of nitrogens with zero attached hydrogens (tertiary/aromatic N) is 4. The van der Waals surface area contributed by atoms with Crippen LogP contribution in [0.3, 0.4) is 0 Å².